The Bertz CT molecular complexity index is 1200. The third kappa shape index (κ3) is 3.59. The lowest BCUT2D eigenvalue weighted by atomic mass is 10.0. The van der Waals surface area contributed by atoms with Crippen molar-refractivity contribution in [3.05, 3.63) is 108 Å². The molecule has 1 aliphatic rings. The molecule has 1 fully saturated rings. The van der Waals surface area contributed by atoms with E-state index in [0.29, 0.717) is 5.11 Å². The van der Waals surface area contributed by atoms with Crippen molar-refractivity contribution in [1.29, 1.82) is 0 Å². The quantitative estimate of drug-likeness (QED) is 0.463. The topological polar surface area (TPSA) is 46.0 Å². The highest BCUT2D eigenvalue weighted by Gasteiger charge is 2.42. The largest absolute Gasteiger partial charge is 0.351 e. The van der Waals surface area contributed by atoms with Crippen LogP contribution in [0.4, 0.5) is 5.69 Å². The number of benzene rings is 1. The van der Waals surface area contributed by atoms with Gasteiger partial charge in [0.25, 0.3) is 0 Å². The van der Waals surface area contributed by atoms with Crippen LogP contribution in [0, 0.1) is 13.8 Å². The van der Waals surface area contributed by atoms with Gasteiger partial charge in [0.1, 0.15) is 11.9 Å². The molecule has 4 aromatic rings. The van der Waals surface area contributed by atoms with Crippen molar-refractivity contribution >= 4 is 23.0 Å². The van der Waals surface area contributed by atoms with Crippen LogP contribution in [0.3, 0.4) is 0 Å². The molecule has 0 aliphatic carbocycles. The molecule has 2 atom stereocenters. The van der Waals surface area contributed by atoms with Gasteiger partial charge in [-0.25, -0.2) is 4.98 Å². The van der Waals surface area contributed by atoms with Crippen LogP contribution in [0.25, 0.3) is 5.82 Å². The Labute approximate surface area is 187 Å². The molecular weight excluding hydrogens is 402 g/mol. The Kier molecular flexibility index (Phi) is 5.00. The summed E-state index contributed by atoms with van der Waals surface area (Å²) in [6.07, 6.45) is 5.77. The molecule has 1 saturated heterocycles. The summed E-state index contributed by atoms with van der Waals surface area (Å²) in [7, 11) is 0. The monoisotopic (exact) mass is 425 g/mol. The molecule has 0 amide bonds. The van der Waals surface area contributed by atoms with E-state index in [1.54, 1.807) is 0 Å². The first-order valence-corrected chi connectivity index (χ1v) is 10.7. The number of pyridine rings is 2. The van der Waals surface area contributed by atoms with Gasteiger partial charge >= 0.3 is 0 Å². The first-order valence-electron chi connectivity index (χ1n) is 10.3. The molecule has 6 heteroatoms. The summed E-state index contributed by atoms with van der Waals surface area (Å²) in [5.41, 5.74) is 5.45. The number of hydrogen-bond acceptors (Lipinski definition) is 3. The fourth-order valence-electron chi connectivity index (χ4n) is 4.09. The Morgan fingerprint density at radius 2 is 1.68 bits per heavy atom. The number of thiocarbonyl (C=S) groups is 1. The third-order valence-electron chi connectivity index (χ3n) is 5.64. The molecule has 0 bridgehead atoms. The average Bonchev–Trinajstić information content (AvgIpc) is 3.40. The molecule has 1 N–H and O–H groups in total. The van der Waals surface area contributed by atoms with Gasteiger partial charge in [-0.3, -0.25) is 4.98 Å². The van der Waals surface area contributed by atoms with Gasteiger partial charge in [0.15, 0.2) is 5.11 Å². The lowest BCUT2D eigenvalue weighted by Crippen LogP contribution is -2.30. The minimum Gasteiger partial charge on any atom is -0.351 e. The summed E-state index contributed by atoms with van der Waals surface area (Å²) >= 11 is 5.82. The highest BCUT2D eigenvalue weighted by atomic mass is 32.1. The van der Waals surface area contributed by atoms with E-state index >= 15 is 0 Å². The molecule has 5 rings (SSSR count). The van der Waals surface area contributed by atoms with Gasteiger partial charge in [0.05, 0.1) is 11.7 Å². The summed E-state index contributed by atoms with van der Waals surface area (Å²) in [6, 6.07) is 22.6. The molecule has 0 radical (unpaired) electrons. The molecular formula is C25H23N5S. The van der Waals surface area contributed by atoms with Crippen LogP contribution in [0.2, 0.25) is 0 Å². The van der Waals surface area contributed by atoms with Crippen molar-refractivity contribution in [1.82, 2.24) is 19.9 Å². The van der Waals surface area contributed by atoms with E-state index in [1.807, 2.05) is 43.6 Å². The van der Waals surface area contributed by atoms with Crippen molar-refractivity contribution in [3.8, 4) is 5.82 Å². The number of nitrogens with zero attached hydrogens (tertiary/aromatic N) is 4. The first-order chi connectivity index (χ1) is 15.1. The maximum atomic E-state index is 5.82. The summed E-state index contributed by atoms with van der Waals surface area (Å²) < 4.78 is 2.14. The number of aryl methyl sites for hydroxylation is 2. The van der Waals surface area contributed by atoms with Crippen LogP contribution >= 0.6 is 12.2 Å². The zero-order valence-electron chi connectivity index (χ0n) is 17.4. The van der Waals surface area contributed by atoms with Gasteiger partial charge in [0, 0.05) is 30.0 Å². The van der Waals surface area contributed by atoms with Crippen molar-refractivity contribution in [2.75, 3.05) is 4.90 Å². The van der Waals surface area contributed by atoms with Gasteiger partial charge in [-0.15, -0.1) is 0 Å². The molecule has 1 aromatic carbocycles. The SMILES string of the molecule is Cc1ccc(N2C(=S)N[C@H](c3ccccn3)[C@H]2c2cccn2-c2ccc(C)cn2)cc1. The Morgan fingerprint density at radius 3 is 2.39 bits per heavy atom. The van der Waals surface area contributed by atoms with Crippen molar-refractivity contribution in [2.45, 2.75) is 25.9 Å². The second-order valence-electron chi connectivity index (χ2n) is 7.83. The number of anilines is 1. The summed E-state index contributed by atoms with van der Waals surface area (Å²) in [5.74, 6) is 0.882. The molecule has 5 nitrogen and oxygen atoms in total. The number of hydrogen-bond donors (Lipinski definition) is 1. The highest BCUT2D eigenvalue weighted by Crippen LogP contribution is 2.42. The summed E-state index contributed by atoms with van der Waals surface area (Å²) in [5, 5.41) is 4.21. The smallest absolute Gasteiger partial charge is 0.174 e. The number of nitrogens with one attached hydrogen (secondary N) is 1. The standard InChI is InChI=1S/C25H23N5S/c1-17-8-11-19(12-9-17)30-24(23(28-25(30)31)20-6-3-4-14-26-20)21-7-5-15-29(21)22-13-10-18(2)16-27-22/h3-16,23-24H,1-2H3,(H,28,31)/t23-,24-/m1/s1. The normalized spacial score (nSPS) is 18.3. The van der Waals surface area contributed by atoms with Crippen molar-refractivity contribution < 1.29 is 0 Å². The number of rotatable bonds is 4. The van der Waals surface area contributed by atoms with Crippen LogP contribution < -0.4 is 10.2 Å². The van der Waals surface area contributed by atoms with Crippen LogP contribution in [0.5, 0.6) is 0 Å². The predicted molar refractivity (Wildman–Crippen MR) is 127 cm³/mol. The summed E-state index contributed by atoms with van der Waals surface area (Å²) in [6.45, 7) is 4.13. The number of aromatic nitrogens is 3. The fourth-order valence-corrected chi connectivity index (χ4v) is 4.43. The Morgan fingerprint density at radius 1 is 0.871 bits per heavy atom. The molecule has 3 aromatic heterocycles. The minimum atomic E-state index is -0.0888. The van der Waals surface area contributed by atoms with Crippen LogP contribution in [-0.2, 0) is 0 Å². The average molecular weight is 426 g/mol. The van der Waals surface area contributed by atoms with Gasteiger partial charge in [-0.2, -0.15) is 0 Å². The second-order valence-corrected chi connectivity index (χ2v) is 8.22. The minimum absolute atomic E-state index is 0.0804. The van der Waals surface area contributed by atoms with Gasteiger partial charge in [0.2, 0.25) is 0 Å². The van der Waals surface area contributed by atoms with Crippen LogP contribution in [-0.4, -0.2) is 19.6 Å². The Balaban J connectivity index is 1.66. The zero-order chi connectivity index (χ0) is 21.4. The molecule has 0 unspecified atom stereocenters. The third-order valence-corrected chi connectivity index (χ3v) is 5.95. The van der Waals surface area contributed by atoms with E-state index in [-0.39, 0.29) is 12.1 Å². The van der Waals surface area contributed by atoms with Crippen LogP contribution in [0.1, 0.15) is 34.6 Å². The Hall–Kier alpha value is -3.51. The van der Waals surface area contributed by atoms with E-state index in [4.69, 9.17) is 12.2 Å². The first kappa shape index (κ1) is 19.5. The van der Waals surface area contributed by atoms with E-state index in [2.05, 4.69) is 80.3 Å². The van der Waals surface area contributed by atoms with E-state index in [9.17, 15) is 0 Å². The molecule has 4 heterocycles. The van der Waals surface area contributed by atoms with Crippen molar-refractivity contribution in [3.63, 3.8) is 0 Å². The molecule has 31 heavy (non-hydrogen) atoms. The molecule has 1 aliphatic heterocycles. The predicted octanol–water partition coefficient (Wildman–Crippen LogP) is 5.06. The molecule has 154 valence electrons. The maximum absolute atomic E-state index is 5.82. The fraction of sp³-hybridized carbons (Fsp3) is 0.160. The van der Waals surface area contributed by atoms with E-state index in [0.717, 1.165) is 28.5 Å². The maximum Gasteiger partial charge on any atom is 0.174 e. The highest BCUT2D eigenvalue weighted by molar-refractivity contribution is 7.80. The lowest BCUT2D eigenvalue weighted by molar-refractivity contribution is 0.548. The summed E-state index contributed by atoms with van der Waals surface area (Å²) in [4.78, 5) is 11.5. The second kappa shape index (κ2) is 7.96. The van der Waals surface area contributed by atoms with Crippen molar-refractivity contribution in [2.24, 2.45) is 0 Å². The zero-order valence-corrected chi connectivity index (χ0v) is 18.3. The molecule has 0 saturated carbocycles. The van der Waals surface area contributed by atoms with Gasteiger partial charge < -0.3 is 14.8 Å². The van der Waals surface area contributed by atoms with Crippen LogP contribution in [0.15, 0.2) is 85.3 Å². The van der Waals surface area contributed by atoms with E-state index < -0.39 is 0 Å². The van der Waals surface area contributed by atoms with Gasteiger partial charge in [-0.1, -0.05) is 29.8 Å². The molecule has 0 spiro atoms. The van der Waals surface area contributed by atoms with E-state index in [1.165, 1.54) is 5.56 Å². The van der Waals surface area contributed by atoms with Gasteiger partial charge in [-0.05, 0) is 74.1 Å². The lowest BCUT2D eigenvalue weighted by Gasteiger charge is -2.29.